The zero-order chi connectivity index (χ0) is 14.5. The summed E-state index contributed by atoms with van der Waals surface area (Å²) in [5, 5.41) is 3.04. The topological polar surface area (TPSA) is 64.3 Å². The Bertz CT molecular complexity index is 479. The minimum Gasteiger partial charge on any atom is -0.483 e. The number of amides is 1. The summed E-state index contributed by atoms with van der Waals surface area (Å²) < 4.78 is 5.62. The number of halogens is 1. The van der Waals surface area contributed by atoms with E-state index >= 15 is 0 Å². The Balaban J connectivity index is 0.00000220. The minimum atomic E-state index is -0.0590. The molecule has 0 heterocycles. The number of nitrogens with two attached hydrogens (primary N) is 1. The largest absolute Gasteiger partial charge is 0.483 e. The van der Waals surface area contributed by atoms with E-state index in [1.165, 1.54) is 0 Å². The number of hydrogen-bond acceptors (Lipinski definition) is 3. The number of nitrogens with one attached hydrogen (secondary N) is 1. The molecule has 5 heteroatoms. The fraction of sp³-hybridized carbons (Fsp3) is 0.562. The quantitative estimate of drug-likeness (QED) is 0.877. The second-order valence-corrected chi connectivity index (χ2v) is 5.66. The fourth-order valence-corrected chi connectivity index (χ4v) is 2.76. The van der Waals surface area contributed by atoms with Crippen LogP contribution in [0.2, 0.25) is 0 Å². The summed E-state index contributed by atoms with van der Waals surface area (Å²) in [6.45, 7) is 4.70. The van der Waals surface area contributed by atoms with Gasteiger partial charge in [0.25, 0.3) is 5.91 Å². The normalized spacial score (nSPS) is 20.7. The van der Waals surface area contributed by atoms with Crippen LogP contribution in [0.25, 0.3) is 0 Å². The molecule has 2 atom stereocenters. The first-order chi connectivity index (χ1) is 9.60. The molecule has 2 unspecified atom stereocenters. The van der Waals surface area contributed by atoms with Crippen molar-refractivity contribution in [3.05, 3.63) is 29.3 Å². The predicted molar refractivity (Wildman–Crippen MR) is 87.0 cm³/mol. The van der Waals surface area contributed by atoms with Crippen molar-refractivity contribution < 1.29 is 9.53 Å². The van der Waals surface area contributed by atoms with Gasteiger partial charge in [-0.2, -0.15) is 0 Å². The number of carbonyl (C=O) groups excluding carboxylic acids is 1. The lowest BCUT2D eigenvalue weighted by molar-refractivity contribution is -0.124. The van der Waals surface area contributed by atoms with E-state index in [0.717, 1.165) is 36.1 Å². The minimum absolute atomic E-state index is 0. The maximum absolute atomic E-state index is 12.0. The smallest absolute Gasteiger partial charge is 0.258 e. The van der Waals surface area contributed by atoms with Crippen LogP contribution in [-0.4, -0.2) is 25.1 Å². The Morgan fingerprint density at radius 1 is 1.38 bits per heavy atom. The number of rotatable bonds is 5. The van der Waals surface area contributed by atoms with Gasteiger partial charge >= 0.3 is 0 Å². The molecule has 1 aromatic carbocycles. The molecular weight excluding hydrogens is 288 g/mol. The molecule has 1 saturated carbocycles. The molecule has 0 saturated heterocycles. The second kappa shape index (κ2) is 8.25. The van der Waals surface area contributed by atoms with E-state index in [1.807, 2.05) is 32.0 Å². The third kappa shape index (κ3) is 4.90. The van der Waals surface area contributed by atoms with Gasteiger partial charge in [-0.1, -0.05) is 18.6 Å². The highest BCUT2D eigenvalue weighted by Gasteiger charge is 2.27. The Kier molecular flexibility index (Phi) is 6.99. The molecular formula is C16H25ClN2O2. The van der Waals surface area contributed by atoms with Crippen LogP contribution in [0.1, 0.15) is 30.4 Å². The first-order valence-corrected chi connectivity index (χ1v) is 7.29. The van der Waals surface area contributed by atoms with Crippen LogP contribution in [0.3, 0.4) is 0 Å². The van der Waals surface area contributed by atoms with Gasteiger partial charge in [0.1, 0.15) is 5.75 Å². The van der Waals surface area contributed by atoms with Crippen molar-refractivity contribution in [1.29, 1.82) is 0 Å². The molecule has 0 aliphatic heterocycles. The summed E-state index contributed by atoms with van der Waals surface area (Å²) in [6, 6.07) is 6.21. The van der Waals surface area contributed by atoms with Crippen molar-refractivity contribution in [3.63, 3.8) is 0 Å². The highest BCUT2D eigenvalue weighted by Crippen LogP contribution is 2.24. The van der Waals surface area contributed by atoms with Crippen LogP contribution < -0.4 is 15.8 Å². The van der Waals surface area contributed by atoms with Crippen molar-refractivity contribution in [2.24, 2.45) is 11.7 Å². The van der Waals surface area contributed by atoms with Crippen LogP contribution in [0.4, 0.5) is 0 Å². The van der Waals surface area contributed by atoms with Crippen molar-refractivity contribution in [2.45, 2.75) is 39.2 Å². The third-order valence-corrected chi connectivity index (χ3v) is 4.01. The molecule has 1 aromatic rings. The summed E-state index contributed by atoms with van der Waals surface area (Å²) in [4.78, 5) is 12.0. The maximum Gasteiger partial charge on any atom is 0.258 e. The van der Waals surface area contributed by atoms with Gasteiger partial charge in [-0.25, -0.2) is 0 Å². The van der Waals surface area contributed by atoms with Crippen molar-refractivity contribution in [1.82, 2.24) is 5.32 Å². The fourth-order valence-electron chi connectivity index (χ4n) is 2.76. The van der Waals surface area contributed by atoms with Gasteiger partial charge in [-0.05, 0) is 56.3 Å². The summed E-state index contributed by atoms with van der Waals surface area (Å²) in [5.41, 5.74) is 7.89. The maximum atomic E-state index is 12.0. The zero-order valence-corrected chi connectivity index (χ0v) is 13.5. The molecule has 1 fully saturated rings. The SMILES string of the molecule is Cc1ccc(C)c(OCC(=O)NC2CCCC2CN)c1.Cl. The zero-order valence-electron chi connectivity index (χ0n) is 12.7. The lowest BCUT2D eigenvalue weighted by Gasteiger charge is -2.19. The van der Waals surface area contributed by atoms with E-state index in [9.17, 15) is 4.79 Å². The molecule has 118 valence electrons. The molecule has 1 amide bonds. The number of ether oxygens (including phenoxy) is 1. The first kappa shape index (κ1) is 17.8. The van der Waals surface area contributed by atoms with Gasteiger partial charge in [0.05, 0.1) is 0 Å². The van der Waals surface area contributed by atoms with E-state index in [2.05, 4.69) is 5.32 Å². The van der Waals surface area contributed by atoms with Gasteiger partial charge in [0, 0.05) is 6.04 Å². The number of carbonyl (C=O) groups is 1. The van der Waals surface area contributed by atoms with E-state index in [-0.39, 0.29) is 31.0 Å². The van der Waals surface area contributed by atoms with Gasteiger partial charge in [0.2, 0.25) is 0 Å². The van der Waals surface area contributed by atoms with E-state index in [0.29, 0.717) is 12.5 Å². The van der Waals surface area contributed by atoms with Crippen LogP contribution >= 0.6 is 12.4 Å². The first-order valence-electron chi connectivity index (χ1n) is 7.29. The Hall–Kier alpha value is -1.26. The van der Waals surface area contributed by atoms with Crippen molar-refractivity contribution in [3.8, 4) is 5.75 Å². The third-order valence-electron chi connectivity index (χ3n) is 4.01. The van der Waals surface area contributed by atoms with E-state index < -0.39 is 0 Å². The van der Waals surface area contributed by atoms with Crippen LogP contribution in [-0.2, 0) is 4.79 Å². The monoisotopic (exact) mass is 312 g/mol. The highest BCUT2D eigenvalue weighted by atomic mass is 35.5. The average molecular weight is 313 g/mol. The van der Waals surface area contributed by atoms with Gasteiger partial charge in [0.15, 0.2) is 6.61 Å². The van der Waals surface area contributed by atoms with Gasteiger partial charge in [-0.3, -0.25) is 4.79 Å². The standard InChI is InChI=1S/C16H24N2O2.ClH/c1-11-6-7-12(2)15(8-11)20-10-16(19)18-14-5-3-4-13(14)9-17;/h6-8,13-14H,3-5,9-10,17H2,1-2H3,(H,18,19);1H. The highest BCUT2D eigenvalue weighted by molar-refractivity contribution is 5.85. The van der Waals surface area contributed by atoms with E-state index in [4.69, 9.17) is 10.5 Å². The van der Waals surface area contributed by atoms with E-state index in [1.54, 1.807) is 0 Å². The molecule has 4 nitrogen and oxygen atoms in total. The molecule has 0 bridgehead atoms. The summed E-state index contributed by atoms with van der Waals surface area (Å²) in [5.74, 6) is 1.14. The van der Waals surface area contributed by atoms with Crippen LogP contribution in [0, 0.1) is 19.8 Å². The number of aryl methyl sites for hydroxylation is 2. The lowest BCUT2D eigenvalue weighted by atomic mass is 10.0. The van der Waals surface area contributed by atoms with Crippen LogP contribution in [0.5, 0.6) is 5.75 Å². The molecule has 2 rings (SSSR count). The molecule has 1 aliphatic carbocycles. The number of benzene rings is 1. The summed E-state index contributed by atoms with van der Waals surface area (Å²) in [6.07, 6.45) is 3.28. The van der Waals surface area contributed by atoms with Gasteiger partial charge in [-0.15, -0.1) is 12.4 Å². The molecule has 0 radical (unpaired) electrons. The molecule has 1 aliphatic rings. The van der Waals surface area contributed by atoms with Gasteiger partial charge < -0.3 is 15.8 Å². The summed E-state index contributed by atoms with van der Waals surface area (Å²) >= 11 is 0. The van der Waals surface area contributed by atoms with Crippen LogP contribution in [0.15, 0.2) is 18.2 Å². The lowest BCUT2D eigenvalue weighted by Crippen LogP contribution is -2.42. The molecule has 21 heavy (non-hydrogen) atoms. The van der Waals surface area contributed by atoms with Crippen molar-refractivity contribution >= 4 is 18.3 Å². The number of hydrogen-bond donors (Lipinski definition) is 2. The molecule has 0 spiro atoms. The Labute approximate surface area is 132 Å². The second-order valence-electron chi connectivity index (χ2n) is 5.66. The Morgan fingerprint density at radius 2 is 2.14 bits per heavy atom. The predicted octanol–water partition coefficient (Wildman–Crippen LogP) is 2.35. The average Bonchev–Trinajstić information content (AvgIpc) is 2.87. The Morgan fingerprint density at radius 3 is 2.86 bits per heavy atom. The summed E-state index contributed by atoms with van der Waals surface area (Å²) in [7, 11) is 0. The molecule has 0 aromatic heterocycles. The van der Waals surface area contributed by atoms with Crippen molar-refractivity contribution in [2.75, 3.05) is 13.2 Å². The molecule has 3 N–H and O–H groups in total.